The average molecular weight is 460 g/mol. The summed E-state index contributed by atoms with van der Waals surface area (Å²) < 4.78 is 11.5. The lowest BCUT2D eigenvalue weighted by molar-refractivity contribution is -0.114. The van der Waals surface area contributed by atoms with E-state index in [1.807, 2.05) is 26.0 Å². The molecule has 0 unspecified atom stereocenters. The molecule has 2 heterocycles. The van der Waals surface area contributed by atoms with Crippen molar-refractivity contribution in [3.63, 3.8) is 0 Å². The number of nitrogens with one attached hydrogen (secondary N) is 2. The van der Waals surface area contributed by atoms with Gasteiger partial charge in [0.05, 0.1) is 24.6 Å². The first kappa shape index (κ1) is 23.2. The molecule has 1 amide bonds. The third kappa shape index (κ3) is 5.70. The van der Waals surface area contributed by atoms with Gasteiger partial charge in [0.1, 0.15) is 6.54 Å². The van der Waals surface area contributed by atoms with Crippen molar-refractivity contribution in [3.8, 4) is 11.5 Å². The van der Waals surface area contributed by atoms with Crippen LogP contribution in [-0.2, 0) is 11.2 Å². The lowest BCUT2D eigenvalue weighted by atomic mass is 9.98. The highest BCUT2D eigenvalue weighted by atomic mass is 16.5. The van der Waals surface area contributed by atoms with Crippen molar-refractivity contribution in [2.24, 2.45) is 4.99 Å². The molecule has 8 nitrogen and oxygen atoms in total. The van der Waals surface area contributed by atoms with E-state index in [-0.39, 0.29) is 12.5 Å². The average Bonchev–Trinajstić information content (AvgIpc) is 3.01. The fourth-order valence-electron chi connectivity index (χ4n) is 3.78. The van der Waals surface area contributed by atoms with E-state index in [1.165, 1.54) is 5.56 Å². The zero-order chi connectivity index (χ0) is 23.8. The maximum Gasteiger partial charge on any atom is 0.246 e. The topological polar surface area (TPSA) is 97.7 Å². The van der Waals surface area contributed by atoms with Gasteiger partial charge in [-0.15, -0.1) is 0 Å². The lowest BCUT2D eigenvalue weighted by Gasteiger charge is -2.17. The van der Waals surface area contributed by atoms with Crippen LogP contribution in [0.4, 0.5) is 11.6 Å². The highest BCUT2D eigenvalue weighted by Gasteiger charge is 2.21. The van der Waals surface area contributed by atoms with Gasteiger partial charge in [0.25, 0.3) is 0 Å². The van der Waals surface area contributed by atoms with E-state index in [0.29, 0.717) is 36.3 Å². The number of aliphatic imine (C=N–C) groups is 1. The largest absolute Gasteiger partial charge is 0.490 e. The Hall–Kier alpha value is -3.94. The number of ether oxygens (including phenoxy) is 2. The molecule has 8 heteroatoms. The van der Waals surface area contributed by atoms with Gasteiger partial charge in [-0.3, -0.25) is 9.79 Å². The lowest BCUT2D eigenvalue weighted by Crippen LogP contribution is -2.13. The first-order valence-electron chi connectivity index (χ1n) is 11.6. The number of carbonyl (C=O) groups excluding carboxylic acids is 1. The Kier molecular flexibility index (Phi) is 7.70. The smallest absolute Gasteiger partial charge is 0.246 e. The molecule has 2 aromatic carbocycles. The maximum absolute atomic E-state index is 12.3. The van der Waals surface area contributed by atoms with E-state index in [1.54, 1.807) is 18.5 Å². The van der Waals surface area contributed by atoms with Crippen molar-refractivity contribution in [3.05, 3.63) is 71.5 Å². The van der Waals surface area contributed by atoms with Crippen molar-refractivity contribution >= 4 is 23.3 Å². The Balaban J connectivity index is 1.51. The number of aryl methyl sites for hydroxylation is 1. The fraction of sp³-hybridized carbons (Fsp3) is 0.308. The number of amides is 1. The Bertz CT molecular complexity index is 1150. The number of anilines is 2. The quantitative estimate of drug-likeness (QED) is 0.443. The Labute approximate surface area is 199 Å². The van der Waals surface area contributed by atoms with Crippen LogP contribution in [0.5, 0.6) is 11.5 Å². The molecule has 1 aromatic heterocycles. The van der Waals surface area contributed by atoms with E-state index in [0.717, 1.165) is 36.2 Å². The van der Waals surface area contributed by atoms with E-state index in [4.69, 9.17) is 9.47 Å². The molecule has 1 aliphatic heterocycles. The normalized spacial score (nSPS) is 12.8. The third-order valence-electron chi connectivity index (χ3n) is 5.31. The van der Waals surface area contributed by atoms with Crippen molar-refractivity contribution in [2.75, 3.05) is 36.9 Å². The minimum atomic E-state index is -0.158. The monoisotopic (exact) mass is 459 g/mol. The molecule has 34 heavy (non-hydrogen) atoms. The van der Waals surface area contributed by atoms with Gasteiger partial charge >= 0.3 is 0 Å². The van der Waals surface area contributed by atoms with Gasteiger partial charge in [-0.05, 0) is 44.4 Å². The second-order valence-electron chi connectivity index (χ2n) is 7.72. The van der Waals surface area contributed by atoms with E-state index < -0.39 is 0 Å². The van der Waals surface area contributed by atoms with Crippen LogP contribution in [0.15, 0.2) is 59.9 Å². The van der Waals surface area contributed by atoms with Gasteiger partial charge in [0, 0.05) is 36.1 Å². The molecule has 176 valence electrons. The number of nitrogens with zero attached hydrogens (tertiary/aromatic N) is 3. The first-order chi connectivity index (χ1) is 16.7. The van der Waals surface area contributed by atoms with Crippen LogP contribution in [0, 0.1) is 0 Å². The molecular formula is C26H29N5O3. The van der Waals surface area contributed by atoms with Gasteiger partial charge in [-0.25, -0.2) is 9.97 Å². The summed E-state index contributed by atoms with van der Waals surface area (Å²) in [6, 6.07) is 13.8. The molecule has 3 aromatic rings. The Morgan fingerprint density at radius 1 is 1.00 bits per heavy atom. The molecule has 1 aliphatic rings. The number of benzene rings is 2. The SMILES string of the molecule is CCOc1cc2c(cc1OCC)C(c1ccc(CCCNc3ncccn3)cc1)=NCC(=O)N2. The molecule has 0 atom stereocenters. The second kappa shape index (κ2) is 11.3. The van der Waals surface area contributed by atoms with E-state index in [9.17, 15) is 4.79 Å². The van der Waals surface area contributed by atoms with Gasteiger partial charge in [0.15, 0.2) is 11.5 Å². The number of hydrogen-bond acceptors (Lipinski definition) is 7. The van der Waals surface area contributed by atoms with Crippen molar-refractivity contribution < 1.29 is 14.3 Å². The molecule has 0 aliphatic carbocycles. The van der Waals surface area contributed by atoms with Gasteiger partial charge in [-0.1, -0.05) is 24.3 Å². The summed E-state index contributed by atoms with van der Waals surface area (Å²) in [7, 11) is 0. The molecule has 0 spiro atoms. The zero-order valence-corrected chi connectivity index (χ0v) is 19.5. The third-order valence-corrected chi connectivity index (χ3v) is 5.31. The summed E-state index contributed by atoms with van der Waals surface area (Å²) in [5.74, 6) is 1.73. The number of carbonyl (C=O) groups is 1. The number of aromatic nitrogens is 2. The van der Waals surface area contributed by atoms with Gasteiger partial charge in [-0.2, -0.15) is 0 Å². The summed E-state index contributed by atoms with van der Waals surface area (Å²) in [6.45, 7) is 5.72. The predicted molar refractivity (Wildman–Crippen MR) is 133 cm³/mol. The predicted octanol–water partition coefficient (Wildman–Crippen LogP) is 4.11. The van der Waals surface area contributed by atoms with Crippen LogP contribution < -0.4 is 20.1 Å². The van der Waals surface area contributed by atoms with Crippen LogP contribution in [0.2, 0.25) is 0 Å². The molecular weight excluding hydrogens is 430 g/mol. The number of hydrogen-bond donors (Lipinski definition) is 2. The molecule has 0 saturated carbocycles. The molecule has 0 radical (unpaired) electrons. The molecule has 0 bridgehead atoms. The zero-order valence-electron chi connectivity index (χ0n) is 19.5. The first-order valence-corrected chi connectivity index (χ1v) is 11.6. The molecule has 4 rings (SSSR count). The van der Waals surface area contributed by atoms with Gasteiger partial charge < -0.3 is 20.1 Å². The Morgan fingerprint density at radius 2 is 1.71 bits per heavy atom. The second-order valence-corrected chi connectivity index (χ2v) is 7.72. The summed E-state index contributed by atoms with van der Waals surface area (Å²) in [5, 5.41) is 6.17. The van der Waals surface area contributed by atoms with Crippen LogP contribution >= 0.6 is 0 Å². The number of fused-ring (bicyclic) bond motifs is 1. The maximum atomic E-state index is 12.3. The van der Waals surface area contributed by atoms with Crippen LogP contribution in [-0.4, -0.2) is 47.9 Å². The molecule has 0 fully saturated rings. The minimum absolute atomic E-state index is 0.0624. The van der Waals surface area contributed by atoms with Crippen molar-refractivity contribution in [1.29, 1.82) is 0 Å². The fourth-order valence-corrected chi connectivity index (χ4v) is 3.78. The number of rotatable bonds is 10. The van der Waals surface area contributed by atoms with E-state index >= 15 is 0 Å². The number of benzodiazepines with no additional fused rings is 1. The minimum Gasteiger partial charge on any atom is -0.490 e. The van der Waals surface area contributed by atoms with Crippen LogP contribution in [0.1, 0.15) is 37.0 Å². The molecule has 2 N–H and O–H groups in total. The van der Waals surface area contributed by atoms with Crippen LogP contribution in [0.3, 0.4) is 0 Å². The summed E-state index contributed by atoms with van der Waals surface area (Å²) in [5.41, 5.74) is 4.42. The standard InChI is InChI=1S/C26H29N5O3/c1-3-33-22-15-20-21(16-23(22)34-4-2)31-24(32)17-30-25(20)19-10-8-18(9-11-19)7-5-12-27-26-28-13-6-14-29-26/h6,8-11,13-16H,3-5,7,12,17H2,1-2H3,(H,31,32)(H,27,28,29). The van der Waals surface area contributed by atoms with Gasteiger partial charge in [0.2, 0.25) is 11.9 Å². The van der Waals surface area contributed by atoms with E-state index in [2.05, 4.69) is 49.9 Å². The molecule has 0 saturated heterocycles. The van der Waals surface area contributed by atoms with Crippen molar-refractivity contribution in [1.82, 2.24) is 9.97 Å². The summed E-state index contributed by atoms with van der Waals surface area (Å²) in [4.78, 5) is 25.3. The summed E-state index contributed by atoms with van der Waals surface area (Å²) >= 11 is 0. The highest BCUT2D eigenvalue weighted by Crippen LogP contribution is 2.36. The Morgan fingerprint density at radius 3 is 2.41 bits per heavy atom. The summed E-state index contributed by atoms with van der Waals surface area (Å²) in [6.07, 6.45) is 5.33. The highest BCUT2D eigenvalue weighted by molar-refractivity contribution is 6.19. The van der Waals surface area contributed by atoms with Crippen LogP contribution in [0.25, 0.3) is 0 Å². The van der Waals surface area contributed by atoms with Crippen molar-refractivity contribution in [2.45, 2.75) is 26.7 Å².